The molecule has 9 heteroatoms. The van der Waals surface area contributed by atoms with Crippen LogP contribution in [0.2, 0.25) is 5.02 Å². The molecule has 0 aliphatic rings. The summed E-state index contributed by atoms with van der Waals surface area (Å²) in [5.41, 5.74) is -0.522. The van der Waals surface area contributed by atoms with Gasteiger partial charge in [-0.3, -0.25) is 5.32 Å². The third-order valence-electron chi connectivity index (χ3n) is 3.36. The molecule has 0 saturated carbocycles. The van der Waals surface area contributed by atoms with Gasteiger partial charge in [-0.1, -0.05) is 17.7 Å². The molecular formula is C18H17ClF3NO4. The first-order chi connectivity index (χ1) is 12.7. The van der Waals surface area contributed by atoms with Gasteiger partial charge < -0.3 is 14.2 Å². The van der Waals surface area contributed by atoms with Crippen LogP contribution in [0, 0.1) is 0 Å². The van der Waals surface area contributed by atoms with Crippen LogP contribution in [-0.4, -0.2) is 25.9 Å². The Morgan fingerprint density at radius 3 is 2.59 bits per heavy atom. The first-order valence-electron chi connectivity index (χ1n) is 7.80. The second-order valence-corrected chi connectivity index (χ2v) is 5.93. The van der Waals surface area contributed by atoms with Gasteiger partial charge in [0, 0.05) is 6.07 Å². The largest absolute Gasteiger partial charge is 0.497 e. The summed E-state index contributed by atoms with van der Waals surface area (Å²) < 4.78 is 53.5. The van der Waals surface area contributed by atoms with Crippen molar-refractivity contribution in [2.45, 2.75) is 19.2 Å². The lowest BCUT2D eigenvalue weighted by molar-refractivity contribution is -0.137. The Kier molecular flexibility index (Phi) is 6.79. The summed E-state index contributed by atoms with van der Waals surface area (Å²) in [4.78, 5) is 11.9. The van der Waals surface area contributed by atoms with Crippen molar-refractivity contribution in [3.05, 3.63) is 53.1 Å². The van der Waals surface area contributed by atoms with Crippen molar-refractivity contribution in [2.24, 2.45) is 0 Å². The van der Waals surface area contributed by atoms with E-state index in [1.54, 1.807) is 19.1 Å². The Balaban J connectivity index is 1.89. The smallest absolute Gasteiger partial charge is 0.416 e. The molecule has 0 aliphatic carbocycles. The highest BCUT2D eigenvalue weighted by Crippen LogP contribution is 2.31. The average Bonchev–Trinajstić information content (AvgIpc) is 2.61. The van der Waals surface area contributed by atoms with Crippen LogP contribution in [0.3, 0.4) is 0 Å². The minimum atomic E-state index is -4.46. The van der Waals surface area contributed by atoms with Gasteiger partial charge in [0.25, 0.3) is 0 Å². The highest BCUT2D eigenvalue weighted by atomic mass is 35.5. The van der Waals surface area contributed by atoms with E-state index in [1.807, 2.05) is 0 Å². The molecule has 1 atom stereocenters. The molecule has 27 heavy (non-hydrogen) atoms. The van der Waals surface area contributed by atoms with Crippen LogP contribution in [0.1, 0.15) is 12.5 Å². The van der Waals surface area contributed by atoms with E-state index in [9.17, 15) is 18.0 Å². The third kappa shape index (κ3) is 6.25. The Hall–Kier alpha value is -2.61. The van der Waals surface area contributed by atoms with Crippen molar-refractivity contribution in [2.75, 3.05) is 19.0 Å². The van der Waals surface area contributed by atoms with Crippen LogP contribution >= 0.6 is 11.6 Å². The second kappa shape index (κ2) is 8.85. The van der Waals surface area contributed by atoms with E-state index in [-0.39, 0.29) is 12.4 Å². The van der Waals surface area contributed by atoms with Crippen LogP contribution in [-0.2, 0) is 10.9 Å². The number of carbonyl (C=O) groups is 1. The van der Waals surface area contributed by atoms with Crippen molar-refractivity contribution in [1.82, 2.24) is 0 Å². The van der Waals surface area contributed by atoms with Crippen molar-refractivity contribution >= 4 is 23.4 Å². The van der Waals surface area contributed by atoms with Crippen LogP contribution in [0.5, 0.6) is 11.5 Å². The van der Waals surface area contributed by atoms with Crippen molar-refractivity contribution in [3.63, 3.8) is 0 Å². The summed E-state index contributed by atoms with van der Waals surface area (Å²) in [5.74, 6) is 0.521. The molecule has 5 nitrogen and oxygen atoms in total. The Labute approximate surface area is 159 Å². The van der Waals surface area contributed by atoms with Crippen LogP contribution < -0.4 is 14.8 Å². The normalized spacial score (nSPS) is 12.2. The standard InChI is InChI=1S/C18H17ClF3NO4/c1-11(10-26-14-5-3-4-12(8-14)18(20,21)22)27-17(24)23-16-9-13(25-2)6-7-15(16)19/h3-9,11H,10H2,1-2H3,(H,23,24). The fraction of sp³-hybridized carbons (Fsp3) is 0.278. The number of hydrogen-bond acceptors (Lipinski definition) is 4. The third-order valence-corrected chi connectivity index (χ3v) is 3.69. The fourth-order valence-corrected chi connectivity index (χ4v) is 2.22. The van der Waals surface area contributed by atoms with E-state index in [1.165, 1.54) is 25.3 Å². The maximum absolute atomic E-state index is 12.7. The van der Waals surface area contributed by atoms with Gasteiger partial charge in [0.05, 0.1) is 23.4 Å². The number of nitrogens with one attached hydrogen (secondary N) is 1. The van der Waals surface area contributed by atoms with Gasteiger partial charge in [-0.25, -0.2) is 4.79 Å². The van der Waals surface area contributed by atoms with E-state index < -0.39 is 23.9 Å². The van der Waals surface area contributed by atoms with Crippen LogP contribution in [0.15, 0.2) is 42.5 Å². The summed E-state index contributed by atoms with van der Waals surface area (Å²) in [7, 11) is 1.47. The van der Waals surface area contributed by atoms with Crippen molar-refractivity contribution in [3.8, 4) is 11.5 Å². The number of benzene rings is 2. The number of amides is 1. The lowest BCUT2D eigenvalue weighted by Crippen LogP contribution is -2.25. The Morgan fingerprint density at radius 2 is 1.93 bits per heavy atom. The zero-order valence-electron chi connectivity index (χ0n) is 14.5. The summed E-state index contributed by atoms with van der Waals surface area (Å²) >= 11 is 5.98. The molecule has 0 saturated heterocycles. The van der Waals surface area contributed by atoms with Gasteiger partial charge in [0.1, 0.15) is 24.2 Å². The molecule has 146 valence electrons. The minimum absolute atomic E-state index is 0.0246. The van der Waals surface area contributed by atoms with Gasteiger partial charge in [-0.2, -0.15) is 13.2 Å². The first kappa shape index (κ1) is 20.7. The zero-order valence-corrected chi connectivity index (χ0v) is 15.2. The molecule has 0 bridgehead atoms. The predicted molar refractivity (Wildman–Crippen MR) is 94.5 cm³/mol. The maximum atomic E-state index is 12.7. The van der Waals surface area contributed by atoms with Gasteiger partial charge in [-0.05, 0) is 37.3 Å². The number of alkyl halides is 3. The quantitative estimate of drug-likeness (QED) is 0.703. The molecule has 0 fully saturated rings. The number of rotatable bonds is 6. The number of methoxy groups -OCH3 is 1. The molecule has 0 spiro atoms. The highest BCUT2D eigenvalue weighted by molar-refractivity contribution is 6.33. The van der Waals surface area contributed by atoms with E-state index in [2.05, 4.69) is 5.32 Å². The van der Waals surface area contributed by atoms with Gasteiger partial charge in [0.2, 0.25) is 0 Å². The van der Waals surface area contributed by atoms with E-state index in [4.69, 9.17) is 25.8 Å². The summed E-state index contributed by atoms with van der Waals surface area (Å²) in [6, 6.07) is 9.15. The number of halogens is 4. The first-order valence-corrected chi connectivity index (χ1v) is 8.18. The van der Waals surface area contributed by atoms with E-state index in [0.29, 0.717) is 16.5 Å². The van der Waals surface area contributed by atoms with Crippen LogP contribution in [0.4, 0.5) is 23.7 Å². The molecule has 1 amide bonds. The van der Waals surface area contributed by atoms with Crippen molar-refractivity contribution in [1.29, 1.82) is 0 Å². The molecule has 2 aromatic rings. The predicted octanol–water partition coefficient (Wildman–Crippen LogP) is 5.38. The fourth-order valence-electron chi connectivity index (χ4n) is 2.06. The molecule has 2 rings (SSSR count). The number of ether oxygens (including phenoxy) is 3. The van der Waals surface area contributed by atoms with Crippen molar-refractivity contribution < 1.29 is 32.2 Å². The molecule has 0 radical (unpaired) electrons. The van der Waals surface area contributed by atoms with Gasteiger partial charge in [-0.15, -0.1) is 0 Å². The SMILES string of the molecule is COc1ccc(Cl)c(NC(=O)OC(C)COc2cccc(C(F)(F)F)c2)c1. The maximum Gasteiger partial charge on any atom is 0.416 e. The van der Waals surface area contributed by atoms with Crippen LogP contribution in [0.25, 0.3) is 0 Å². The molecular weight excluding hydrogens is 387 g/mol. The average molecular weight is 404 g/mol. The monoisotopic (exact) mass is 403 g/mol. The topological polar surface area (TPSA) is 56.8 Å². The van der Waals surface area contributed by atoms with Gasteiger partial charge in [0.15, 0.2) is 0 Å². The molecule has 0 heterocycles. The summed E-state index contributed by atoms with van der Waals surface area (Å²) in [6.45, 7) is 1.42. The number of carbonyl (C=O) groups excluding carboxylic acids is 1. The minimum Gasteiger partial charge on any atom is -0.497 e. The Morgan fingerprint density at radius 1 is 1.19 bits per heavy atom. The van der Waals surface area contributed by atoms with Gasteiger partial charge >= 0.3 is 12.3 Å². The number of anilines is 1. The molecule has 1 N–H and O–H groups in total. The molecule has 0 aliphatic heterocycles. The lowest BCUT2D eigenvalue weighted by Gasteiger charge is -2.16. The summed E-state index contributed by atoms with van der Waals surface area (Å²) in [6.07, 6.45) is -5.97. The van der Waals surface area contributed by atoms with E-state index >= 15 is 0 Å². The summed E-state index contributed by atoms with van der Waals surface area (Å²) in [5, 5.41) is 2.76. The number of hydrogen-bond donors (Lipinski definition) is 1. The van der Waals surface area contributed by atoms with E-state index in [0.717, 1.165) is 12.1 Å². The zero-order chi connectivity index (χ0) is 20.0. The second-order valence-electron chi connectivity index (χ2n) is 5.52. The molecule has 2 aromatic carbocycles. The lowest BCUT2D eigenvalue weighted by atomic mass is 10.2. The highest BCUT2D eigenvalue weighted by Gasteiger charge is 2.30. The molecule has 1 unspecified atom stereocenters. The molecule has 0 aromatic heterocycles. The Bertz CT molecular complexity index is 798.